The number of nitrogens with one attached hydrogen (secondary N) is 1. The fraction of sp³-hybridized carbons (Fsp3) is 0.636. The van der Waals surface area contributed by atoms with E-state index in [4.69, 9.17) is 0 Å². The highest BCUT2D eigenvalue weighted by molar-refractivity contribution is 7.98. The fourth-order valence-electron chi connectivity index (χ4n) is 1.46. The van der Waals surface area contributed by atoms with E-state index in [1.165, 1.54) is 4.68 Å². The molecule has 0 saturated carbocycles. The number of alkyl halides is 3. The van der Waals surface area contributed by atoms with Gasteiger partial charge in [0.2, 0.25) is 5.91 Å². The van der Waals surface area contributed by atoms with Crippen molar-refractivity contribution in [3.05, 3.63) is 17.5 Å². The van der Waals surface area contributed by atoms with E-state index in [1.54, 1.807) is 18.7 Å². The van der Waals surface area contributed by atoms with Gasteiger partial charge in [-0.3, -0.25) is 9.48 Å². The van der Waals surface area contributed by atoms with Gasteiger partial charge in [0, 0.05) is 24.4 Å². The van der Waals surface area contributed by atoms with Crippen LogP contribution in [-0.2, 0) is 17.5 Å². The van der Waals surface area contributed by atoms with Crippen LogP contribution >= 0.6 is 11.8 Å². The van der Waals surface area contributed by atoms with E-state index >= 15 is 0 Å². The number of nitrogens with zero attached hydrogens (tertiary/aromatic N) is 2. The lowest BCUT2D eigenvalue weighted by molar-refractivity contribution is -0.141. The zero-order chi connectivity index (χ0) is 14.5. The fourth-order valence-corrected chi connectivity index (χ4v) is 1.85. The van der Waals surface area contributed by atoms with Crippen molar-refractivity contribution in [1.82, 2.24) is 15.1 Å². The van der Waals surface area contributed by atoms with Crippen LogP contribution in [0.2, 0.25) is 0 Å². The van der Waals surface area contributed by atoms with Gasteiger partial charge in [-0.05, 0) is 19.2 Å². The number of aryl methyl sites for hydroxylation is 1. The molecule has 1 aromatic heterocycles. The number of aromatic nitrogens is 2. The molecular formula is C11H16F3N3OS. The molecule has 1 aromatic rings. The van der Waals surface area contributed by atoms with Crippen molar-refractivity contribution in [1.29, 1.82) is 0 Å². The first-order valence-electron chi connectivity index (χ1n) is 5.72. The summed E-state index contributed by atoms with van der Waals surface area (Å²) in [5.41, 5.74) is -0.482. The predicted molar refractivity (Wildman–Crippen MR) is 68.0 cm³/mol. The van der Waals surface area contributed by atoms with Crippen molar-refractivity contribution in [3.63, 3.8) is 0 Å². The van der Waals surface area contributed by atoms with Crippen LogP contribution in [0.15, 0.2) is 6.07 Å². The molecule has 1 amide bonds. The molecule has 0 fully saturated rings. The van der Waals surface area contributed by atoms with E-state index in [-0.39, 0.29) is 19.0 Å². The van der Waals surface area contributed by atoms with E-state index in [2.05, 4.69) is 10.4 Å². The maximum absolute atomic E-state index is 12.4. The number of amides is 1. The second kappa shape index (κ2) is 6.83. The van der Waals surface area contributed by atoms with Crippen LogP contribution in [0.4, 0.5) is 13.2 Å². The molecule has 0 aliphatic carbocycles. The Morgan fingerprint density at radius 2 is 2.21 bits per heavy atom. The maximum atomic E-state index is 12.4. The van der Waals surface area contributed by atoms with Crippen LogP contribution in [-0.4, -0.2) is 34.2 Å². The summed E-state index contributed by atoms with van der Waals surface area (Å²) in [7, 11) is 0. The summed E-state index contributed by atoms with van der Waals surface area (Å²) in [6.07, 6.45) is -2.12. The number of thioether (sulfide) groups is 1. The molecule has 108 valence electrons. The van der Waals surface area contributed by atoms with Gasteiger partial charge in [0.25, 0.3) is 0 Å². The molecule has 0 atom stereocenters. The van der Waals surface area contributed by atoms with Gasteiger partial charge in [-0.1, -0.05) is 0 Å². The van der Waals surface area contributed by atoms with Gasteiger partial charge in [-0.2, -0.15) is 30.0 Å². The minimum atomic E-state index is -4.43. The van der Waals surface area contributed by atoms with E-state index in [9.17, 15) is 18.0 Å². The minimum absolute atomic E-state index is 0.102. The molecule has 0 radical (unpaired) electrons. The highest BCUT2D eigenvalue weighted by atomic mass is 32.2. The second-order valence-electron chi connectivity index (χ2n) is 3.98. The molecule has 0 saturated heterocycles. The molecule has 0 spiro atoms. The SMILES string of the molecule is CSCCC(=O)NCCn1nc(C(F)(F)F)cc1C. The van der Waals surface area contributed by atoms with Crippen molar-refractivity contribution in [2.45, 2.75) is 26.1 Å². The van der Waals surface area contributed by atoms with Gasteiger partial charge >= 0.3 is 6.18 Å². The van der Waals surface area contributed by atoms with Gasteiger partial charge in [-0.25, -0.2) is 0 Å². The summed E-state index contributed by atoms with van der Waals surface area (Å²) in [6, 6.07) is 0.996. The number of halogens is 3. The van der Waals surface area contributed by atoms with E-state index in [0.29, 0.717) is 12.1 Å². The lowest BCUT2D eigenvalue weighted by Gasteiger charge is -2.06. The first-order valence-corrected chi connectivity index (χ1v) is 7.11. The molecular weight excluding hydrogens is 279 g/mol. The molecule has 4 nitrogen and oxygen atoms in total. The number of hydrogen-bond donors (Lipinski definition) is 1. The van der Waals surface area contributed by atoms with Crippen molar-refractivity contribution in [2.24, 2.45) is 0 Å². The van der Waals surface area contributed by atoms with Crippen LogP contribution in [0.25, 0.3) is 0 Å². The maximum Gasteiger partial charge on any atom is 0.435 e. The Morgan fingerprint density at radius 1 is 1.53 bits per heavy atom. The first kappa shape index (κ1) is 15.9. The molecule has 0 bridgehead atoms. The molecule has 19 heavy (non-hydrogen) atoms. The van der Waals surface area contributed by atoms with Gasteiger partial charge in [0.05, 0.1) is 6.54 Å². The molecule has 1 N–H and O–H groups in total. The Kier molecular flexibility index (Phi) is 5.71. The van der Waals surface area contributed by atoms with Gasteiger partial charge in [0.1, 0.15) is 0 Å². The summed E-state index contributed by atoms with van der Waals surface area (Å²) in [6.45, 7) is 2.05. The normalized spacial score (nSPS) is 11.6. The molecule has 0 aliphatic rings. The summed E-state index contributed by atoms with van der Waals surface area (Å²) in [5, 5.41) is 6.12. The third-order valence-corrected chi connectivity index (χ3v) is 3.06. The van der Waals surface area contributed by atoms with Crippen molar-refractivity contribution >= 4 is 17.7 Å². The number of hydrogen-bond acceptors (Lipinski definition) is 3. The standard InChI is InChI=1S/C11H16F3N3OS/c1-8-7-9(11(12,13)14)16-17(8)5-4-15-10(18)3-6-19-2/h7H,3-6H2,1-2H3,(H,15,18). The average Bonchev–Trinajstić information content (AvgIpc) is 2.68. The highest BCUT2D eigenvalue weighted by Crippen LogP contribution is 2.28. The Bertz CT molecular complexity index is 431. The topological polar surface area (TPSA) is 46.9 Å². The highest BCUT2D eigenvalue weighted by Gasteiger charge is 2.34. The van der Waals surface area contributed by atoms with E-state index in [1.807, 2.05) is 6.26 Å². The zero-order valence-corrected chi connectivity index (χ0v) is 11.6. The smallest absolute Gasteiger partial charge is 0.354 e. The molecule has 1 rings (SSSR count). The van der Waals surface area contributed by atoms with Crippen LogP contribution < -0.4 is 5.32 Å². The first-order chi connectivity index (χ1) is 8.84. The van der Waals surface area contributed by atoms with Crippen LogP contribution in [0.5, 0.6) is 0 Å². The zero-order valence-electron chi connectivity index (χ0n) is 10.8. The van der Waals surface area contributed by atoms with Crippen molar-refractivity contribution in [2.75, 3.05) is 18.6 Å². The molecule has 0 aromatic carbocycles. The third-order valence-electron chi connectivity index (χ3n) is 2.45. The molecule has 0 unspecified atom stereocenters. The summed E-state index contributed by atoms with van der Waals surface area (Å²) in [4.78, 5) is 11.3. The summed E-state index contributed by atoms with van der Waals surface area (Å²) in [5.74, 6) is 0.625. The lowest BCUT2D eigenvalue weighted by atomic mass is 10.3. The van der Waals surface area contributed by atoms with E-state index < -0.39 is 11.9 Å². The van der Waals surface area contributed by atoms with Crippen LogP contribution in [0.1, 0.15) is 17.8 Å². The number of carbonyl (C=O) groups excluding carboxylic acids is 1. The average molecular weight is 295 g/mol. The predicted octanol–water partition coefficient (Wildman–Crippen LogP) is 2.08. The van der Waals surface area contributed by atoms with Gasteiger partial charge in [-0.15, -0.1) is 0 Å². The largest absolute Gasteiger partial charge is 0.435 e. The lowest BCUT2D eigenvalue weighted by Crippen LogP contribution is -2.28. The Balaban J connectivity index is 2.46. The molecule has 8 heteroatoms. The van der Waals surface area contributed by atoms with E-state index in [0.717, 1.165) is 11.8 Å². The van der Waals surface area contributed by atoms with Gasteiger partial charge in [0.15, 0.2) is 5.69 Å². The Labute approximate surface area is 113 Å². The third kappa shape index (κ3) is 5.14. The van der Waals surface area contributed by atoms with Gasteiger partial charge < -0.3 is 5.32 Å². The monoisotopic (exact) mass is 295 g/mol. The minimum Gasteiger partial charge on any atom is -0.354 e. The molecule has 0 aliphatic heterocycles. The van der Waals surface area contributed by atoms with Crippen molar-refractivity contribution in [3.8, 4) is 0 Å². The Morgan fingerprint density at radius 3 is 2.74 bits per heavy atom. The van der Waals surface area contributed by atoms with Crippen molar-refractivity contribution < 1.29 is 18.0 Å². The number of rotatable bonds is 6. The Hall–Kier alpha value is -1.18. The second-order valence-corrected chi connectivity index (χ2v) is 4.97. The summed E-state index contributed by atoms with van der Waals surface area (Å²) >= 11 is 1.56. The van der Waals surface area contributed by atoms with Crippen LogP contribution in [0, 0.1) is 6.92 Å². The quantitative estimate of drug-likeness (QED) is 0.874. The molecule has 1 heterocycles. The summed E-state index contributed by atoms with van der Waals surface area (Å²) < 4.78 is 38.5. The number of carbonyl (C=O) groups is 1. The van der Waals surface area contributed by atoms with Crippen LogP contribution in [0.3, 0.4) is 0 Å².